The molecule has 180 valence electrons. The molecule has 31 heavy (non-hydrogen) atoms. The number of esters is 1. The Morgan fingerprint density at radius 2 is 1.39 bits per heavy atom. The molecule has 2 rings (SSSR count). The number of fused-ring (bicyclic) bond motifs is 1. The smallest absolute Gasteiger partial charge is 0.461 e. The van der Waals surface area contributed by atoms with Gasteiger partial charge in [-0.15, -0.1) is 0 Å². The van der Waals surface area contributed by atoms with Crippen LogP contribution in [0.5, 0.6) is 0 Å². The van der Waals surface area contributed by atoms with Crippen LogP contribution in [0.1, 0.15) is 96.8 Å². The van der Waals surface area contributed by atoms with E-state index in [9.17, 15) is 9.36 Å². The van der Waals surface area contributed by atoms with Crippen LogP contribution in [0.3, 0.4) is 0 Å². The first-order chi connectivity index (χ1) is 15.1. The molecule has 7 nitrogen and oxygen atoms in total. The van der Waals surface area contributed by atoms with Crippen molar-refractivity contribution in [2.75, 3.05) is 26.4 Å². The van der Waals surface area contributed by atoms with Gasteiger partial charge in [0, 0.05) is 6.61 Å². The highest BCUT2D eigenvalue weighted by atomic mass is 31.2. The van der Waals surface area contributed by atoms with E-state index in [2.05, 4.69) is 0 Å². The van der Waals surface area contributed by atoms with Crippen molar-refractivity contribution in [3.05, 3.63) is 11.3 Å². The molecule has 0 radical (unpaired) electrons. The van der Waals surface area contributed by atoms with Crippen molar-refractivity contribution in [1.29, 1.82) is 0 Å². The first-order valence-electron chi connectivity index (χ1n) is 12.1. The maximum atomic E-state index is 12.7. The first kappa shape index (κ1) is 26.4. The largest absolute Gasteiger partial charge is 0.529 e. The number of hydrogen-bond acceptors (Lipinski definition) is 7. The minimum Gasteiger partial charge on any atom is -0.461 e. The van der Waals surface area contributed by atoms with Crippen molar-refractivity contribution in [3.8, 4) is 0 Å². The SMILES string of the molecule is CC1=C2C(=O)OCC2COP(=O)(OCCCCCCCCCCCCCCCCO)O1. The molecule has 0 bridgehead atoms. The summed E-state index contributed by atoms with van der Waals surface area (Å²) < 4.78 is 33.9. The second-order valence-corrected chi connectivity index (χ2v) is 10.2. The normalized spacial score (nSPS) is 23.4. The number of carbonyl (C=O) groups excluding carboxylic acids is 1. The maximum absolute atomic E-state index is 12.7. The van der Waals surface area contributed by atoms with Gasteiger partial charge in [0.05, 0.1) is 24.7 Å². The van der Waals surface area contributed by atoms with E-state index in [0.29, 0.717) is 18.8 Å². The third-order valence-electron chi connectivity index (χ3n) is 5.91. The second-order valence-electron chi connectivity index (χ2n) is 8.61. The lowest BCUT2D eigenvalue weighted by Gasteiger charge is -2.17. The number of ether oxygens (including phenoxy) is 1. The van der Waals surface area contributed by atoms with E-state index in [-0.39, 0.29) is 24.9 Å². The average molecular weight is 461 g/mol. The lowest BCUT2D eigenvalue weighted by Crippen LogP contribution is -2.10. The minimum atomic E-state index is -3.66. The fraction of sp³-hybridized carbons (Fsp3) is 0.870. The van der Waals surface area contributed by atoms with E-state index >= 15 is 0 Å². The molecule has 0 aromatic heterocycles. The molecule has 8 heteroatoms. The Morgan fingerprint density at radius 1 is 0.871 bits per heavy atom. The molecule has 0 saturated carbocycles. The summed E-state index contributed by atoms with van der Waals surface area (Å²) in [5.74, 6) is -0.368. The Balaban J connectivity index is 1.42. The zero-order chi connectivity index (χ0) is 22.4. The summed E-state index contributed by atoms with van der Waals surface area (Å²) in [4.78, 5) is 11.7. The number of phosphoric ester groups is 1. The average Bonchev–Trinajstić information content (AvgIpc) is 3.06. The van der Waals surface area contributed by atoms with Crippen LogP contribution in [-0.2, 0) is 27.7 Å². The Morgan fingerprint density at radius 3 is 1.94 bits per heavy atom. The van der Waals surface area contributed by atoms with Gasteiger partial charge in [0.15, 0.2) is 0 Å². The summed E-state index contributed by atoms with van der Waals surface area (Å²) in [6.45, 7) is 2.61. The predicted molar refractivity (Wildman–Crippen MR) is 119 cm³/mol. The van der Waals surface area contributed by atoms with E-state index in [0.717, 1.165) is 32.1 Å². The highest BCUT2D eigenvalue weighted by Crippen LogP contribution is 2.54. The number of allylic oxidation sites excluding steroid dienone is 1. The van der Waals surface area contributed by atoms with Crippen molar-refractivity contribution in [2.45, 2.75) is 96.8 Å². The predicted octanol–water partition coefficient (Wildman–Crippen LogP) is 6.06. The number of carbonyl (C=O) groups is 1. The molecule has 0 aromatic rings. The number of rotatable bonds is 17. The third kappa shape index (κ3) is 10.1. The van der Waals surface area contributed by atoms with Crippen LogP contribution in [0.15, 0.2) is 11.3 Å². The highest BCUT2D eigenvalue weighted by molar-refractivity contribution is 7.48. The van der Waals surface area contributed by atoms with Crippen molar-refractivity contribution >= 4 is 13.8 Å². The number of cyclic esters (lactones) is 1. The lowest BCUT2D eigenvalue weighted by molar-refractivity contribution is -0.135. The number of aliphatic hydroxyl groups excluding tert-OH is 1. The van der Waals surface area contributed by atoms with Crippen LogP contribution in [-0.4, -0.2) is 37.5 Å². The van der Waals surface area contributed by atoms with Crippen LogP contribution in [0.25, 0.3) is 0 Å². The van der Waals surface area contributed by atoms with Gasteiger partial charge in [-0.3, -0.25) is 9.05 Å². The minimum absolute atomic E-state index is 0.111. The van der Waals surface area contributed by atoms with E-state index in [1.54, 1.807) is 6.92 Å². The summed E-state index contributed by atoms with van der Waals surface area (Å²) in [6, 6.07) is 0. The molecule has 2 unspecified atom stereocenters. The fourth-order valence-corrected chi connectivity index (χ4v) is 5.40. The van der Waals surface area contributed by atoms with Crippen LogP contribution >= 0.6 is 7.82 Å². The highest BCUT2D eigenvalue weighted by Gasteiger charge is 2.42. The van der Waals surface area contributed by atoms with Crippen molar-refractivity contribution < 1.29 is 32.8 Å². The van der Waals surface area contributed by atoms with E-state index in [1.165, 1.54) is 57.8 Å². The van der Waals surface area contributed by atoms with Crippen molar-refractivity contribution in [2.24, 2.45) is 5.92 Å². The van der Waals surface area contributed by atoms with Gasteiger partial charge in [-0.05, 0) is 19.8 Å². The van der Waals surface area contributed by atoms with Gasteiger partial charge >= 0.3 is 13.8 Å². The Bertz CT molecular complexity index is 605. The molecule has 0 aromatic carbocycles. The van der Waals surface area contributed by atoms with Crippen LogP contribution < -0.4 is 0 Å². The summed E-state index contributed by atoms with van der Waals surface area (Å²) in [5.41, 5.74) is 0.416. The van der Waals surface area contributed by atoms with E-state index in [4.69, 9.17) is 23.4 Å². The quantitative estimate of drug-likeness (QED) is 0.160. The molecular formula is C23H41O7P. The standard InChI is InChI=1S/C23H41O7P/c1-20-22-21(18-27-23(22)25)19-29-31(26,30-20)28-17-15-13-11-9-7-5-3-2-4-6-8-10-12-14-16-24/h21,24H,2-19H2,1H3. The third-order valence-corrected chi connectivity index (χ3v) is 7.37. The summed E-state index contributed by atoms with van der Waals surface area (Å²) in [5, 5.41) is 8.74. The van der Waals surface area contributed by atoms with Gasteiger partial charge in [0.25, 0.3) is 0 Å². The molecular weight excluding hydrogens is 419 g/mol. The van der Waals surface area contributed by atoms with Crippen molar-refractivity contribution in [1.82, 2.24) is 0 Å². The Hall–Kier alpha value is -0.880. The molecule has 2 atom stereocenters. The molecule has 0 amide bonds. The zero-order valence-corrected chi connectivity index (χ0v) is 20.0. The van der Waals surface area contributed by atoms with Crippen LogP contribution in [0.4, 0.5) is 0 Å². The van der Waals surface area contributed by atoms with Crippen LogP contribution in [0, 0.1) is 5.92 Å². The zero-order valence-electron chi connectivity index (χ0n) is 19.1. The van der Waals surface area contributed by atoms with Crippen molar-refractivity contribution in [3.63, 3.8) is 0 Å². The van der Waals surface area contributed by atoms with E-state index in [1.807, 2.05) is 0 Å². The number of hydrogen-bond donors (Lipinski definition) is 1. The van der Waals surface area contributed by atoms with Gasteiger partial charge in [0.2, 0.25) is 0 Å². The topological polar surface area (TPSA) is 91.3 Å². The fourth-order valence-electron chi connectivity index (χ4n) is 4.07. The second kappa shape index (κ2) is 15.0. The van der Waals surface area contributed by atoms with Gasteiger partial charge in [-0.2, -0.15) is 0 Å². The van der Waals surface area contributed by atoms with Gasteiger partial charge < -0.3 is 14.4 Å². The molecule has 2 heterocycles. The molecule has 2 aliphatic rings. The Labute approximate surface area is 187 Å². The number of unbranched alkanes of at least 4 members (excludes halogenated alkanes) is 13. The van der Waals surface area contributed by atoms with Gasteiger partial charge in [0.1, 0.15) is 12.4 Å². The molecule has 1 saturated heterocycles. The summed E-state index contributed by atoms with van der Waals surface area (Å²) in [6.07, 6.45) is 16.8. The summed E-state index contributed by atoms with van der Waals surface area (Å²) >= 11 is 0. The molecule has 2 aliphatic heterocycles. The lowest BCUT2D eigenvalue weighted by atomic mass is 10.0. The monoisotopic (exact) mass is 460 g/mol. The Kier molecular flexibility index (Phi) is 12.8. The molecule has 1 N–H and O–H groups in total. The van der Waals surface area contributed by atoms with Gasteiger partial charge in [-0.25, -0.2) is 9.36 Å². The number of phosphoric acid groups is 1. The summed E-state index contributed by atoms with van der Waals surface area (Å²) in [7, 11) is -3.66. The maximum Gasteiger partial charge on any atom is 0.529 e. The van der Waals surface area contributed by atoms with Crippen LogP contribution in [0.2, 0.25) is 0 Å². The number of aliphatic hydroxyl groups is 1. The van der Waals surface area contributed by atoms with E-state index < -0.39 is 13.8 Å². The first-order valence-corrected chi connectivity index (χ1v) is 13.6. The molecule has 0 aliphatic carbocycles. The van der Waals surface area contributed by atoms with Gasteiger partial charge in [-0.1, -0.05) is 77.0 Å². The molecule has 1 fully saturated rings. The molecule has 0 spiro atoms.